The average molecular weight is 310 g/mol. The van der Waals surface area contributed by atoms with Gasteiger partial charge in [0.1, 0.15) is 5.82 Å². The zero-order chi connectivity index (χ0) is 14.7. The fraction of sp³-hybridized carbons (Fsp3) is 0.647. The number of hydrogen-bond acceptors (Lipinski definition) is 3. The zero-order valence-electron chi connectivity index (χ0n) is 12.3. The van der Waals surface area contributed by atoms with E-state index in [1.807, 2.05) is 11.8 Å². The van der Waals surface area contributed by atoms with Crippen LogP contribution in [0.3, 0.4) is 0 Å². The van der Waals surface area contributed by atoms with E-state index in [9.17, 15) is 9.50 Å². The Hall–Kier alpha value is -0.580. The summed E-state index contributed by atoms with van der Waals surface area (Å²) in [5.74, 6) is 2.41. The van der Waals surface area contributed by atoms with Crippen molar-refractivity contribution in [2.45, 2.75) is 43.8 Å². The molecule has 2 atom stereocenters. The summed E-state index contributed by atoms with van der Waals surface area (Å²) in [6.07, 6.45) is 4.36. The van der Waals surface area contributed by atoms with Crippen LogP contribution in [0.25, 0.3) is 0 Å². The van der Waals surface area contributed by atoms with Crippen molar-refractivity contribution in [3.05, 3.63) is 35.6 Å². The highest BCUT2D eigenvalue weighted by Gasteiger charge is 2.40. The molecule has 4 heteroatoms. The number of aliphatic hydroxyl groups is 1. The molecule has 1 N–H and O–H groups in total. The molecule has 2 fully saturated rings. The highest BCUT2D eigenvalue weighted by Crippen LogP contribution is 2.41. The Morgan fingerprint density at radius 2 is 2.00 bits per heavy atom. The van der Waals surface area contributed by atoms with Crippen molar-refractivity contribution in [1.29, 1.82) is 0 Å². The molecular weight excluding hydrogens is 287 g/mol. The molecule has 21 heavy (non-hydrogen) atoms. The lowest BCUT2D eigenvalue weighted by Gasteiger charge is -2.44. The molecule has 0 radical (unpaired) electrons. The first-order valence-electron chi connectivity index (χ1n) is 7.81. The molecule has 0 aliphatic carbocycles. The van der Waals surface area contributed by atoms with Crippen LogP contribution in [-0.4, -0.2) is 34.9 Å². The van der Waals surface area contributed by atoms with Crippen molar-refractivity contribution in [3.63, 3.8) is 0 Å². The van der Waals surface area contributed by atoms with E-state index in [1.165, 1.54) is 23.6 Å². The van der Waals surface area contributed by atoms with Gasteiger partial charge in [-0.3, -0.25) is 0 Å². The largest absolute Gasteiger partial charge is 0.392 e. The van der Waals surface area contributed by atoms with Crippen molar-refractivity contribution in [2.24, 2.45) is 5.92 Å². The van der Waals surface area contributed by atoms with Gasteiger partial charge in [0.15, 0.2) is 0 Å². The number of rotatable bonds is 3. The Morgan fingerprint density at radius 1 is 1.29 bits per heavy atom. The molecule has 2 unspecified atom stereocenters. The third kappa shape index (κ3) is 3.79. The van der Waals surface area contributed by atoms with Crippen LogP contribution >= 0.6 is 11.8 Å². The van der Waals surface area contributed by atoms with Crippen molar-refractivity contribution < 1.29 is 14.2 Å². The maximum absolute atomic E-state index is 12.9. The first-order valence-corrected chi connectivity index (χ1v) is 8.97. The Morgan fingerprint density at radius 3 is 2.71 bits per heavy atom. The van der Waals surface area contributed by atoms with E-state index in [0.29, 0.717) is 12.3 Å². The van der Waals surface area contributed by atoms with Gasteiger partial charge in [-0.1, -0.05) is 12.1 Å². The van der Waals surface area contributed by atoms with Gasteiger partial charge in [0.05, 0.1) is 11.7 Å². The van der Waals surface area contributed by atoms with E-state index in [-0.39, 0.29) is 17.5 Å². The van der Waals surface area contributed by atoms with Gasteiger partial charge < -0.3 is 9.84 Å². The van der Waals surface area contributed by atoms with Gasteiger partial charge in [-0.2, -0.15) is 11.8 Å². The lowest BCUT2D eigenvalue weighted by atomic mass is 9.78. The Kier molecular flexibility index (Phi) is 4.87. The van der Waals surface area contributed by atoms with Crippen LogP contribution in [0, 0.1) is 11.7 Å². The van der Waals surface area contributed by atoms with Crippen molar-refractivity contribution >= 4 is 11.8 Å². The normalized spacial score (nSPS) is 26.7. The Balaban J connectivity index is 1.61. The fourth-order valence-corrected chi connectivity index (χ4v) is 4.75. The van der Waals surface area contributed by atoms with Crippen molar-refractivity contribution in [1.82, 2.24) is 0 Å². The van der Waals surface area contributed by atoms with Crippen LogP contribution in [-0.2, 0) is 11.2 Å². The van der Waals surface area contributed by atoms with Gasteiger partial charge in [0, 0.05) is 6.61 Å². The summed E-state index contributed by atoms with van der Waals surface area (Å²) in [6.45, 7) is 0.760. The molecule has 2 aliphatic rings. The third-order valence-electron chi connectivity index (χ3n) is 4.84. The smallest absolute Gasteiger partial charge is 0.123 e. The van der Waals surface area contributed by atoms with Crippen molar-refractivity contribution in [2.75, 3.05) is 18.1 Å². The van der Waals surface area contributed by atoms with Gasteiger partial charge in [0.25, 0.3) is 0 Å². The first kappa shape index (κ1) is 15.3. The Bertz CT molecular complexity index is 451. The summed E-state index contributed by atoms with van der Waals surface area (Å²) in [6, 6.07) is 6.47. The molecule has 2 nitrogen and oxygen atoms in total. The third-order valence-corrected chi connectivity index (χ3v) is 5.82. The predicted octanol–water partition coefficient (Wildman–Crippen LogP) is 3.42. The molecule has 1 aromatic carbocycles. The maximum Gasteiger partial charge on any atom is 0.123 e. The van der Waals surface area contributed by atoms with Crippen molar-refractivity contribution in [3.8, 4) is 0 Å². The number of halogens is 1. The van der Waals surface area contributed by atoms with Gasteiger partial charge in [-0.05, 0) is 67.2 Å². The number of benzene rings is 1. The Labute approximate surface area is 130 Å². The summed E-state index contributed by atoms with van der Waals surface area (Å²) < 4.78 is 19.0. The van der Waals surface area contributed by atoms with E-state index in [4.69, 9.17) is 4.74 Å². The number of hydrogen-bond donors (Lipinski definition) is 1. The van der Waals surface area contributed by atoms with Crippen LogP contribution in [0.2, 0.25) is 0 Å². The maximum atomic E-state index is 12.9. The number of aliphatic hydroxyl groups excluding tert-OH is 1. The van der Waals surface area contributed by atoms with Gasteiger partial charge in [-0.25, -0.2) is 4.39 Å². The molecule has 0 amide bonds. The minimum Gasteiger partial charge on any atom is -0.392 e. The molecule has 2 heterocycles. The molecule has 2 saturated heterocycles. The molecule has 2 aliphatic heterocycles. The summed E-state index contributed by atoms with van der Waals surface area (Å²) in [7, 11) is 0. The SMILES string of the molecule is OC(Cc1ccc(F)cc1)C1CCOC2(CCSCC2)C1. The standard InChI is InChI=1S/C17H23FO2S/c18-15-3-1-13(2-4-15)11-16(19)14-5-8-20-17(12-14)6-9-21-10-7-17/h1-4,14,16,19H,5-12H2. The highest BCUT2D eigenvalue weighted by atomic mass is 32.2. The molecule has 0 aromatic heterocycles. The first-order chi connectivity index (χ1) is 10.2. The minimum absolute atomic E-state index is 0.0118. The second-order valence-electron chi connectivity index (χ2n) is 6.29. The topological polar surface area (TPSA) is 29.5 Å². The van der Waals surface area contributed by atoms with E-state index in [0.717, 1.165) is 37.9 Å². The van der Waals surface area contributed by atoms with Crippen LogP contribution in [0.15, 0.2) is 24.3 Å². The summed E-state index contributed by atoms with van der Waals surface area (Å²) in [5, 5.41) is 10.6. The lowest BCUT2D eigenvalue weighted by Crippen LogP contribution is -2.45. The van der Waals surface area contributed by atoms with Crippen LogP contribution in [0.5, 0.6) is 0 Å². The minimum atomic E-state index is -0.356. The van der Waals surface area contributed by atoms with Gasteiger partial charge in [0.2, 0.25) is 0 Å². The summed E-state index contributed by atoms with van der Waals surface area (Å²) >= 11 is 2.00. The molecule has 0 bridgehead atoms. The van der Waals surface area contributed by atoms with E-state index < -0.39 is 0 Å². The molecule has 3 rings (SSSR count). The molecule has 0 saturated carbocycles. The lowest BCUT2D eigenvalue weighted by molar-refractivity contribution is -0.120. The van der Waals surface area contributed by atoms with Crippen LogP contribution in [0.1, 0.15) is 31.2 Å². The van der Waals surface area contributed by atoms with Crippen LogP contribution in [0.4, 0.5) is 4.39 Å². The molecule has 1 aromatic rings. The monoisotopic (exact) mass is 310 g/mol. The summed E-state index contributed by atoms with van der Waals surface area (Å²) in [5.41, 5.74) is 1.02. The predicted molar refractivity (Wildman–Crippen MR) is 84.1 cm³/mol. The number of ether oxygens (including phenoxy) is 1. The van der Waals surface area contributed by atoms with E-state index in [2.05, 4.69) is 0 Å². The highest BCUT2D eigenvalue weighted by molar-refractivity contribution is 7.99. The van der Waals surface area contributed by atoms with Crippen LogP contribution < -0.4 is 0 Å². The second kappa shape index (κ2) is 6.67. The molecule has 1 spiro atoms. The fourth-order valence-electron chi connectivity index (χ4n) is 3.51. The molecular formula is C17H23FO2S. The second-order valence-corrected chi connectivity index (χ2v) is 7.52. The summed E-state index contributed by atoms with van der Waals surface area (Å²) in [4.78, 5) is 0. The van der Waals surface area contributed by atoms with E-state index in [1.54, 1.807) is 12.1 Å². The number of thioether (sulfide) groups is 1. The quantitative estimate of drug-likeness (QED) is 0.927. The van der Waals surface area contributed by atoms with Gasteiger partial charge in [-0.15, -0.1) is 0 Å². The van der Waals surface area contributed by atoms with Gasteiger partial charge >= 0.3 is 0 Å². The average Bonchev–Trinajstić information content (AvgIpc) is 2.50. The zero-order valence-corrected chi connectivity index (χ0v) is 13.1. The molecule has 116 valence electrons. The van der Waals surface area contributed by atoms with E-state index >= 15 is 0 Å².